The molecule has 5 heteroatoms. The van der Waals surface area contributed by atoms with Gasteiger partial charge in [-0.05, 0) is 44.5 Å². The fourth-order valence-electron chi connectivity index (χ4n) is 2.60. The third-order valence-corrected chi connectivity index (χ3v) is 3.55. The van der Waals surface area contributed by atoms with Crippen molar-refractivity contribution in [1.82, 2.24) is 19.5 Å². The van der Waals surface area contributed by atoms with Gasteiger partial charge in [-0.3, -0.25) is 0 Å². The predicted octanol–water partition coefficient (Wildman–Crippen LogP) is 1.48. The number of fused-ring (bicyclic) bond motifs is 1. The second-order valence-electron chi connectivity index (χ2n) is 5.10. The molecule has 0 amide bonds. The first-order valence-electron chi connectivity index (χ1n) is 6.54. The van der Waals surface area contributed by atoms with Crippen molar-refractivity contribution in [1.29, 1.82) is 0 Å². The van der Waals surface area contributed by atoms with E-state index in [0.29, 0.717) is 0 Å². The second kappa shape index (κ2) is 4.94. The molecule has 2 aromatic heterocycles. The minimum atomic E-state index is 0.726. The lowest BCUT2D eigenvalue weighted by Gasteiger charge is -2.29. The van der Waals surface area contributed by atoms with Gasteiger partial charge in [-0.15, -0.1) is 5.10 Å². The summed E-state index contributed by atoms with van der Waals surface area (Å²) in [6, 6.07) is 3.98. The van der Waals surface area contributed by atoms with Crippen LogP contribution in [0.2, 0.25) is 0 Å². The maximum atomic E-state index is 4.47. The molecule has 1 aliphatic heterocycles. The van der Waals surface area contributed by atoms with Crippen molar-refractivity contribution < 1.29 is 0 Å². The van der Waals surface area contributed by atoms with Gasteiger partial charge in [-0.2, -0.15) is 0 Å². The molecule has 96 valence electrons. The summed E-state index contributed by atoms with van der Waals surface area (Å²) in [5.41, 5.74) is 0.887. The van der Waals surface area contributed by atoms with E-state index in [-0.39, 0.29) is 0 Å². The molecule has 0 radical (unpaired) electrons. The number of piperidine rings is 1. The second-order valence-corrected chi connectivity index (χ2v) is 5.10. The zero-order valence-corrected chi connectivity index (χ0v) is 10.7. The van der Waals surface area contributed by atoms with E-state index in [1.54, 1.807) is 10.7 Å². The molecular weight excluding hydrogens is 226 g/mol. The molecule has 0 spiro atoms. The SMILES string of the molecule is CN1CCCC(CNc2ccc3nccn3n2)C1. The number of anilines is 1. The van der Waals surface area contributed by atoms with Crippen molar-refractivity contribution in [3.8, 4) is 0 Å². The monoisotopic (exact) mass is 245 g/mol. The summed E-state index contributed by atoms with van der Waals surface area (Å²) >= 11 is 0. The van der Waals surface area contributed by atoms with Crippen LogP contribution in [0.3, 0.4) is 0 Å². The third-order valence-electron chi connectivity index (χ3n) is 3.55. The zero-order valence-electron chi connectivity index (χ0n) is 10.7. The fourth-order valence-corrected chi connectivity index (χ4v) is 2.60. The van der Waals surface area contributed by atoms with Gasteiger partial charge < -0.3 is 10.2 Å². The van der Waals surface area contributed by atoms with Crippen LogP contribution in [0, 0.1) is 5.92 Å². The van der Waals surface area contributed by atoms with Crippen LogP contribution < -0.4 is 5.32 Å². The Kier molecular flexibility index (Phi) is 3.15. The average molecular weight is 245 g/mol. The Morgan fingerprint density at radius 2 is 2.39 bits per heavy atom. The van der Waals surface area contributed by atoms with E-state index in [1.807, 2.05) is 18.3 Å². The van der Waals surface area contributed by atoms with Gasteiger partial charge in [-0.1, -0.05) is 0 Å². The average Bonchev–Trinajstić information content (AvgIpc) is 2.84. The first-order chi connectivity index (χ1) is 8.81. The molecule has 0 aliphatic carbocycles. The number of nitrogens with zero attached hydrogens (tertiary/aromatic N) is 4. The Labute approximate surface area is 107 Å². The van der Waals surface area contributed by atoms with E-state index in [4.69, 9.17) is 0 Å². The van der Waals surface area contributed by atoms with Crippen LogP contribution in [0.4, 0.5) is 5.82 Å². The van der Waals surface area contributed by atoms with Crippen molar-refractivity contribution in [2.24, 2.45) is 5.92 Å². The van der Waals surface area contributed by atoms with Crippen LogP contribution in [-0.2, 0) is 0 Å². The maximum absolute atomic E-state index is 4.47. The summed E-state index contributed by atoms with van der Waals surface area (Å²) in [7, 11) is 2.20. The van der Waals surface area contributed by atoms with Gasteiger partial charge in [0, 0.05) is 25.5 Å². The van der Waals surface area contributed by atoms with Crippen LogP contribution in [0.5, 0.6) is 0 Å². The first kappa shape index (κ1) is 11.5. The van der Waals surface area contributed by atoms with Crippen LogP contribution in [-0.4, -0.2) is 46.2 Å². The molecule has 2 aromatic rings. The highest BCUT2D eigenvalue weighted by Gasteiger charge is 2.16. The number of rotatable bonds is 3. The Balaban J connectivity index is 1.61. The fraction of sp³-hybridized carbons (Fsp3) is 0.538. The maximum Gasteiger partial charge on any atom is 0.153 e. The molecule has 1 fully saturated rings. The van der Waals surface area contributed by atoms with Crippen molar-refractivity contribution in [2.75, 3.05) is 32.0 Å². The Morgan fingerprint density at radius 1 is 1.44 bits per heavy atom. The summed E-state index contributed by atoms with van der Waals surface area (Å²) in [5.74, 6) is 1.65. The predicted molar refractivity (Wildman–Crippen MR) is 71.7 cm³/mol. The molecule has 5 nitrogen and oxygen atoms in total. The lowest BCUT2D eigenvalue weighted by Crippen LogP contribution is -2.35. The molecule has 1 unspecified atom stereocenters. The van der Waals surface area contributed by atoms with E-state index in [9.17, 15) is 0 Å². The van der Waals surface area contributed by atoms with E-state index >= 15 is 0 Å². The molecule has 0 bridgehead atoms. The number of hydrogen-bond donors (Lipinski definition) is 1. The number of imidazole rings is 1. The third kappa shape index (κ3) is 2.46. The molecular formula is C13H19N5. The number of likely N-dealkylation sites (tertiary alicyclic amines) is 1. The lowest BCUT2D eigenvalue weighted by atomic mass is 9.98. The molecule has 3 heterocycles. The summed E-state index contributed by atoms with van der Waals surface area (Å²) in [6.07, 6.45) is 6.25. The van der Waals surface area contributed by atoms with Crippen molar-refractivity contribution >= 4 is 11.5 Å². The van der Waals surface area contributed by atoms with E-state index in [0.717, 1.165) is 23.9 Å². The number of hydrogen-bond acceptors (Lipinski definition) is 4. The molecule has 1 N–H and O–H groups in total. The van der Waals surface area contributed by atoms with Gasteiger partial charge in [0.1, 0.15) is 5.82 Å². The van der Waals surface area contributed by atoms with Crippen molar-refractivity contribution in [3.63, 3.8) is 0 Å². The summed E-state index contributed by atoms with van der Waals surface area (Å²) in [6.45, 7) is 3.41. The molecule has 1 saturated heterocycles. The minimum absolute atomic E-state index is 0.726. The van der Waals surface area contributed by atoms with Crippen LogP contribution >= 0.6 is 0 Å². The zero-order chi connectivity index (χ0) is 12.4. The van der Waals surface area contributed by atoms with Gasteiger partial charge in [0.15, 0.2) is 5.65 Å². The van der Waals surface area contributed by atoms with Crippen LogP contribution in [0.15, 0.2) is 24.5 Å². The summed E-state index contributed by atoms with van der Waals surface area (Å²) < 4.78 is 1.80. The quantitative estimate of drug-likeness (QED) is 0.889. The molecule has 1 aliphatic rings. The van der Waals surface area contributed by atoms with Gasteiger partial charge in [0.2, 0.25) is 0 Å². The first-order valence-corrected chi connectivity index (χ1v) is 6.54. The highest BCUT2D eigenvalue weighted by atomic mass is 15.3. The number of aromatic nitrogens is 3. The van der Waals surface area contributed by atoms with E-state index in [2.05, 4.69) is 27.3 Å². The molecule has 0 aromatic carbocycles. The molecule has 3 rings (SSSR count). The highest BCUT2D eigenvalue weighted by Crippen LogP contribution is 2.15. The van der Waals surface area contributed by atoms with Gasteiger partial charge >= 0.3 is 0 Å². The van der Waals surface area contributed by atoms with E-state index in [1.165, 1.54) is 25.9 Å². The van der Waals surface area contributed by atoms with Crippen LogP contribution in [0.1, 0.15) is 12.8 Å². The lowest BCUT2D eigenvalue weighted by molar-refractivity contribution is 0.217. The summed E-state index contributed by atoms with van der Waals surface area (Å²) in [5, 5.41) is 7.90. The smallest absolute Gasteiger partial charge is 0.153 e. The Morgan fingerprint density at radius 3 is 3.28 bits per heavy atom. The topological polar surface area (TPSA) is 45.5 Å². The van der Waals surface area contributed by atoms with Gasteiger partial charge in [-0.25, -0.2) is 9.50 Å². The summed E-state index contributed by atoms with van der Waals surface area (Å²) in [4.78, 5) is 6.59. The van der Waals surface area contributed by atoms with Crippen molar-refractivity contribution in [2.45, 2.75) is 12.8 Å². The van der Waals surface area contributed by atoms with E-state index < -0.39 is 0 Å². The molecule has 18 heavy (non-hydrogen) atoms. The minimum Gasteiger partial charge on any atom is -0.368 e. The number of nitrogens with one attached hydrogen (secondary N) is 1. The van der Waals surface area contributed by atoms with Gasteiger partial charge in [0.25, 0.3) is 0 Å². The Bertz CT molecular complexity index is 521. The largest absolute Gasteiger partial charge is 0.368 e. The Hall–Kier alpha value is -1.62. The van der Waals surface area contributed by atoms with Crippen LogP contribution in [0.25, 0.3) is 5.65 Å². The highest BCUT2D eigenvalue weighted by molar-refractivity contribution is 5.43. The normalized spacial score (nSPS) is 21.3. The molecule has 1 atom stereocenters. The van der Waals surface area contributed by atoms with Crippen molar-refractivity contribution in [3.05, 3.63) is 24.5 Å². The molecule has 0 saturated carbocycles. The van der Waals surface area contributed by atoms with Gasteiger partial charge in [0.05, 0.1) is 0 Å². The standard InChI is InChI=1S/C13H19N5/c1-17-7-2-3-11(10-17)9-15-12-4-5-13-14-6-8-18(13)16-12/h4-6,8,11H,2-3,7,9-10H2,1H3,(H,15,16).